The predicted octanol–water partition coefficient (Wildman–Crippen LogP) is 2.45. The van der Waals surface area contributed by atoms with Gasteiger partial charge in [0.1, 0.15) is 5.82 Å². The van der Waals surface area contributed by atoms with E-state index in [0.29, 0.717) is 5.82 Å². The number of hydrogen-bond donors (Lipinski definition) is 2. The summed E-state index contributed by atoms with van der Waals surface area (Å²) >= 11 is 5.22. The second kappa shape index (κ2) is 4.99. The number of nitrogens with one attached hydrogen (secondary N) is 1. The largest absolute Gasteiger partial charge is 0.382 e. The van der Waals surface area contributed by atoms with E-state index in [-0.39, 0.29) is 0 Å². The minimum Gasteiger partial charge on any atom is -0.382 e. The van der Waals surface area contributed by atoms with E-state index in [1.165, 1.54) is 8.66 Å². The molecule has 0 atom stereocenters. The van der Waals surface area contributed by atoms with Crippen LogP contribution < -0.4 is 5.73 Å². The molecule has 2 aromatic rings. The van der Waals surface area contributed by atoms with Gasteiger partial charge >= 0.3 is 0 Å². The molecule has 0 aromatic carbocycles. The van der Waals surface area contributed by atoms with Gasteiger partial charge in [-0.15, -0.1) is 11.3 Å². The summed E-state index contributed by atoms with van der Waals surface area (Å²) in [4.78, 5) is 3.55. The number of aromatic amines is 1. The number of rotatable bonds is 4. The Hall–Kier alpha value is -0.850. The maximum absolute atomic E-state index is 5.55. The summed E-state index contributed by atoms with van der Waals surface area (Å²) in [6.07, 6.45) is 0. The summed E-state index contributed by atoms with van der Waals surface area (Å²) in [7, 11) is 2.07. The van der Waals surface area contributed by atoms with Crippen LogP contribution in [0.15, 0.2) is 22.0 Å². The average molecular weight is 301 g/mol. The van der Waals surface area contributed by atoms with Crippen LogP contribution in [0.4, 0.5) is 5.82 Å². The standard InChI is InChI=1S/C10H13BrN4S/c1-15(5-7-4-10(12)14-13-7)6-8-2-3-9(11)16-8/h2-4H,5-6H2,1H3,(H3,12,13,14). The molecule has 2 heterocycles. The zero-order valence-corrected chi connectivity index (χ0v) is 11.3. The van der Waals surface area contributed by atoms with Crippen molar-refractivity contribution in [2.24, 2.45) is 0 Å². The van der Waals surface area contributed by atoms with Gasteiger partial charge in [-0.25, -0.2) is 0 Å². The van der Waals surface area contributed by atoms with Gasteiger partial charge in [0, 0.05) is 24.0 Å². The lowest BCUT2D eigenvalue weighted by molar-refractivity contribution is 0.318. The van der Waals surface area contributed by atoms with Crippen molar-refractivity contribution in [3.63, 3.8) is 0 Å². The van der Waals surface area contributed by atoms with Gasteiger partial charge in [-0.2, -0.15) is 5.10 Å². The van der Waals surface area contributed by atoms with Crippen molar-refractivity contribution >= 4 is 33.1 Å². The first-order valence-corrected chi connectivity index (χ1v) is 6.47. The molecule has 0 saturated heterocycles. The molecule has 0 radical (unpaired) electrons. The third-order valence-electron chi connectivity index (χ3n) is 2.15. The van der Waals surface area contributed by atoms with Gasteiger partial charge in [0.2, 0.25) is 0 Å². The normalized spacial score (nSPS) is 11.2. The fourth-order valence-electron chi connectivity index (χ4n) is 1.51. The Labute approximate surface area is 107 Å². The van der Waals surface area contributed by atoms with Gasteiger partial charge in [0.15, 0.2) is 0 Å². The van der Waals surface area contributed by atoms with Gasteiger partial charge in [-0.3, -0.25) is 10.00 Å². The molecule has 86 valence electrons. The van der Waals surface area contributed by atoms with E-state index in [9.17, 15) is 0 Å². The molecule has 2 rings (SSSR count). The van der Waals surface area contributed by atoms with E-state index >= 15 is 0 Å². The van der Waals surface area contributed by atoms with E-state index < -0.39 is 0 Å². The quantitative estimate of drug-likeness (QED) is 0.912. The van der Waals surface area contributed by atoms with Gasteiger partial charge in [-0.05, 0) is 35.1 Å². The summed E-state index contributed by atoms with van der Waals surface area (Å²) in [5, 5.41) is 6.81. The average Bonchev–Trinajstić information content (AvgIpc) is 2.76. The molecule has 4 nitrogen and oxygen atoms in total. The van der Waals surface area contributed by atoms with E-state index in [0.717, 1.165) is 18.8 Å². The molecule has 0 fully saturated rings. The van der Waals surface area contributed by atoms with Crippen molar-refractivity contribution in [2.75, 3.05) is 12.8 Å². The van der Waals surface area contributed by atoms with Crippen LogP contribution in [0.25, 0.3) is 0 Å². The third-order valence-corrected chi connectivity index (χ3v) is 3.75. The van der Waals surface area contributed by atoms with E-state index in [2.05, 4.69) is 50.2 Å². The van der Waals surface area contributed by atoms with Crippen LogP contribution in [0.5, 0.6) is 0 Å². The van der Waals surface area contributed by atoms with Gasteiger partial charge < -0.3 is 5.73 Å². The third kappa shape index (κ3) is 3.07. The number of hydrogen-bond acceptors (Lipinski definition) is 4. The zero-order chi connectivity index (χ0) is 11.5. The minimum atomic E-state index is 0.544. The number of aromatic nitrogens is 2. The molecular formula is C10H13BrN4S. The summed E-state index contributed by atoms with van der Waals surface area (Å²) in [6.45, 7) is 1.74. The van der Waals surface area contributed by atoms with Gasteiger partial charge in [0.05, 0.1) is 9.48 Å². The Bertz CT molecular complexity index is 423. The van der Waals surface area contributed by atoms with Crippen LogP contribution in [-0.4, -0.2) is 22.1 Å². The van der Waals surface area contributed by atoms with E-state index in [1.54, 1.807) is 11.3 Å². The van der Waals surface area contributed by atoms with Crippen molar-refractivity contribution in [3.05, 3.63) is 32.6 Å². The Morgan fingerprint density at radius 3 is 2.88 bits per heavy atom. The van der Waals surface area contributed by atoms with Crippen molar-refractivity contribution < 1.29 is 0 Å². The number of nitrogens with two attached hydrogens (primary N) is 1. The molecule has 2 aromatic heterocycles. The van der Waals surface area contributed by atoms with Crippen LogP contribution in [0.3, 0.4) is 0 Å². The Morgan fingerprint density at radius 1 is 1.50 bits per heavy atom. The fraction of sp³-hybridized carbons (Fsp3) is 0.300. The Balaban J connectivity index is 1.91. The molecular weight excluding hydrogens is 288 g/mol. The maximum Gasteiger partial charge on any atom is 0.145 e. The summed E-state index contributed by atoms with van der Waals surface area (Å²) in [5.74, 6) is 0.544. The van der Waals surface area contributed by atoms with E-state index in [4.69, 9.17) is 5.73 Å². The van der Waals surface area contributed by atoms with Crippen molar-refractivity contribution in [1.82, 2.24) is 15.1 Å². The van der Waals surface area contributed by atoms with Crippen LogP contribution in [0.2, 0.25) is 0 Å². The fourth-order valence-corrected chi connectivity index (χ4v) is 3.07. The number of nitrogens with zero attached hydrogens (tertiary/aromatic N) is 2. The topological polar surface area (TPSA) is 57.9 Å². The van der Waals surface area contributed by atoms with Crippen LogP contribution >= 0.6 is 27.3 Å². The lowest BCUT2D eigenvalue weighted by atomic mass is 10.3. The number of anilines is 1. The highest BCUT2D eigenvalue weighted by Gasteiger charge is 2.05. The van der Waals surface area contributed by atoms with Crippen LogP contribution in [0.1, 0.15) is 10.6 Å². The maximum atomic E-state index is 5.55. The van der Waals surface area contributed by atoms with Crippen molar-refractivity contribution in [3.8, 4) is 0 Å². The lowest BCUT2D eigenvalue weighted by Crippen LogP contribution is -2.16. The highest BCUT2D eigenvalue weighted by molar-refractivity contribution is 9.11. The molecule has 0 saturated carbocycles. The second-order valence-corrected chi connectivity index (χ2v) is 6.24. The highest BCUT2D eigenvalue weighted by Crippen LogP contribution is 2.23. The zero-order valence-electron chi connectivity index (χ0n) is 8.90. The number of halogens is 1. The highest BCUT2D eigenvalue weighted by atomic mass is 79.9. The van der Waals surface area contributed by atoms with Gasteiger partial charge in [-0.1, -0.05) is 0 Å². The second-order valence-electron chi connectivity index (χ2n) is 3.70. The summed E-state index contributed by atoms with van der Waals surface area (Å²) in [6, 6.07) is 6.06. The molecule has 0 aliphatic rings. The van der Waals surface area contributed by atoms with Crippen molar-refractivity contribution in [2.45, 2.75) is 13.1 Å². The molecule has 16 heavy (non-hydrogen) atoms. The molecule has 3 N–H and O–H groups in total. The molecule has 0 aliphatic heterocycles. The van der Waals surface area contributed by atoms with Crippen LogP contribution in [0, 0.1) is 0 Å². The summed E-state index contributed by atoms with van der Waals surface area (Å²) < 4.78 is 1.17. The SMILES string of the molecule is CN(Cc1cc(N)n[nH]1)Cc1ccc(Br)s1. The number of thiophene rings is 1. The first kappa shape index (κ1) is 11.6. The monoisotopic (exact) mass is 300 g/mol. The van der Waals surface area contributed by atoms with Crippen LogP contribution in [-0.2, 0) is 13.1 Å². The molecule has 0 bridgehead atoms. The molecule has 0 spiro atoms. The molecule has 6 heteroatoms. The smallest absolute Gasteiger partial charge is 0.145 e. The Kier molecular flexibility index (Phi) is 3.63. The van der Waals surface area contributed by atoms with Gasteiger partial charge in [0.25, 0.3) is 0 Å². The first-order valence-electron chi connectivity index (χ1n) is 4.86. The van der Waals surface area contributed by atoms with E-state index in [1.807, 2.05) is 6.07 Å². The molecule has 0 unspecified atom stereocenters. The molecule has 0 aliphatic carbocycles. The predicted molar refractivity (Wildman–Crippen MR) is 70.2 cm³/mol. The lowest BCUT2D eigenvalue weighted by Gasteiger charge is -2.13. The first-order chi connectivity index (χ1) is 7.63. The Morgan fingerprint density at radius 2 is 2.31 bits per heavy atom. The summed E-state index contributed by atoms with van der Waals surface area (Å²) in [5.41, 5.74) is 6.58. The van der Waals surface area contributed by atoms with Crippen molar-refractivity contribution in [1.29, 1.82) is 0 Å². The number of H-pyrrole nitrogens is 1. The molecule has 0 amide bonds. The number of nitrogen functional groups attached to an aromatic ring is 1. The minimum absolute atomic E-state index is 0.544.